The predicted octanol–water partition coefficient (Wildman–Crippen LogP) is 3.26. The summed E-state index contributed by atoms with van der Waals surface area (Å²) >= 11 is 1.24. The van der Waals surface area contributed by atoms with Gasteiger partial charge in [-0.1, -0.05) is 11.8 Å². The first-order valence-corrected chi connectivity index (χ1v) is 10.1. The molecule has 0 bridgehead atoms. The number of carbonyl (C=O) groups is 1. The molecule has 0 radical (unpaired) electrons. The highest BCUT2D eigenvalue weighted by molar-refractivity contribution is 8.00. The summed E-state index contributed by atoms with van der Waals surface area (Å²) in [6.45, 7) is 0.341. The van der Waals surface area contributed by atoms with Crippen LogP contribution in [0.2, 0.25) is 0 Å². The van der Waals surface area contributed by atoms with Crippen LogP contribution < -0.4 is 5.69 Å². The highest BCUT2D eigenvalue weighted by atomic mass is 32.2. The van der Waals surface area contributed by atoms with Gasteiger partial charge in [-0.25, -0.2) is 4.79 Å². The van der Waals surface area contributed by atoms with E-state index in [1.165, 1.54) is 36.0 Å². The highest BCUT2D eigenvalue weighted by Gasteiger charge is 2.23. The van der Waals surface area contributed by atoms with Crippen LogP contribution in [0.1, 0.15) is 33.8 Å². The number of fused-ring (bicyclic) bond motifs is 1. The largest absolute Gasteiger partial charge is 0.467 e. The van der Waals surface area contributed by atoms with Crippen molar-refractivity contribution in [3.63, 3.8) is 0 Å². The first-order chi connectivity index (χ1) is 14.0. The second-order valence-corrected chi connectivity index (χ2v) is 7.62. The minimum atomic E-state index is -0.506. The van der Waals surface area contributed by atoms with E-state index in [-0.39, 0.29) is 22.9 Å². The second-order valence-electron chi connectivity index (χ2n) is 6.66. The summed E-state index contributed by atoms with van der Waals surface area (Å²) in [5.41, 5.74) is 1.94. The Kier molecular flexibility index (Phi) is 5.30. The number of carbonyl (C=O) groups excluding carboxylic acids is 1. The fraction of sp³-hybridized carbons (Fsp3) is 0.250. The molecule has 0 amide bonds. The first-order valence-electron chi connectivity index (χ1n) is 9.08. The molecule has 1 aliphatic carbocycles. The summed E-state index contributed by atoms with van der Waals surface area (Å²) in [6, 6.07) is 9.11. The Bertz CT molecular complexity index is 1120. The van der Waals surface area contributed by atoms with Gasteiger partial charge in [0.05, 0.1) is 23.5 Å². The van der Waals surface area contributed by atoms with Gasteiger partial charge in [-0.2, -0.15) is 4.98 Å². The summed E-state index contributed by atoms with van der Waals surface area (Å²) in [5, 5.41) is 11.3. The number of benzene rings is 1. The number of aromatic nitrogens is 2. The van der Waals surface area contributed by atoms with E-state index < -0.39 is 4.92 Å². The fourth-order valence-corrected chi connectivity index (χ4v) is 4.38. The zero-order chi connectivity index (χ0) is 20.4. The summed E-state index contributed by atoms with van der Waals surface area (Å²) < 4.78 is 7.00. The lowest BCUT2D eigenvalue weighted by molar-refractivity contribution is -0.384. The lowest BCUT2D eigenvalue weighted by atomic mass is 10.1. The SMILES string of the molecule is O=C(CSc1nc(=O)n(Cc2ccco2)c2c1CCC2)c1ccc([N+](=O)[O-])cc1. The van der Waals surface area contributed by atoms with Gasteiger partial charge in [0.1, 0.15) is 10.8 Å². The van der Waals surface area contributed by atoms with Crippen molar-refractivity contribution in [3.05, 3.63) is 85.8 Å². The lowest BCUT2D eigenvalue weighted by Crippen LogP contribution is -2.27. The van der Waals surface area contributed by atoms with Gasteiger partial charge < -0.3 is 4.42 Å². The zero-order valence-electron chi connectivity index (χ0n) is 15.4. The van der Waals surface area contributed by atoms with Crippen LogP contribution in [-0.2, 0) is 19.4 Å². The van der Waals surface area contributed by atoms with Gasteiger partial charge in [-0.15, -0.1) is 0 Å². The molecular formula is C20H17N3O5S. The maximum atomic E-state index is 12.6. The molecule has 148 valence electrons. The Balaban J connectivity index is 1.53. The predicted molar refractivity (Wildman–Crippen MR) is 106 cm³/mol. The van der Waals surface area contributed by atoms with E-state index in [0.717, 1.165) is 30.5 Å². The molecule has 9 heteroatoms. The molecule has 0 fully saturated rings. The molecular weight excluding hydrogens is 394 g/mol. The topological polar surface area (TPSA) is 108 Å². The molecule has 8 nitrogen and oxygen atoms in total. The van der Waals surface area contributed by atoms with Crippen LogP contribution in [0.4, 0.5) is 5.69 Å². The van der Waals surface area contributed by atoms with E-state index in [1.54, 1.807) is 16.9 Å². The van der Waals surface area contributed by atoms with Gasteiger partial charge in [0.15, 0.2) is 5.78 Å². The number of Topliss-reactive ketones (excluding diaryl/α,β-unsaturated/α-hetero) is 1. The lowest BCUT2D eigenvalue weighted by Gasteiger charge is -2.13. The van der Waals surface area contributed by atoms with E-state index in [1.807, 2.05) is 6.07 Å². The molecule has 1 aromatic carbocycles. The number of nitro benzene ring substituents is 1. The number of furan rings is 1. The number of hydrogen-bond donors (Lipinski definition) is 0. The molecule has 1 aliphatic rings. The van der Waals surface area contributed by atoms with Gasteiger partial charge >= 0.3 is 5.69 Å². The van der Waals surface area contributed by atoms with Gasteiger partial charge in [-0.3, -0.25) is 19.5 Å². The van der Waals surface area contributed by atoms with Gasteiger partial charge in [0, 0.05) is 29.0 Å². The number of nitrogens with zero attached hydrogens (tertiary/aromatic N) is 3. The van der Waals surface area contributed by atoms with Crippen molar-refractivity contribution < 1.29 is 14.1 Å². The number of ketones is 1. The molecule has 0 N–H and O–H groups in total. The molecule has 2 heterocycles. The van der Waals surface area contributed by atoms with E-state index in [4.69, 9.17) is 4.42 Å². The Labute approximate surface area is 169 Å². The maximum Gasteiger partial charge on any atom is 0.349 e. The maximum absolute atomic E-state index is 12.6. The normalized spacial score (nSPS) is 12.7. The van der Waals surface area contributed by atoms with Gasteiger partial charge in [0.25, 0.3) is 5.69 Å². The number of rotatable bonds is 7. The van der Waals surface area contributed by atoms with Crippen LogP contribution in [-0.4, -0.2) is 26.0 Å². The van der Waals surface area contributed by atoms with E-state index in [2.05, 4.69) is 4.98 Å². The van der Waals surface area contributed by atoms with Crippen molar-refractivity contribution in [2.45, 2.75) is 30.8 Å². The molecule has 0 saturated carbocycles. The number of hydrogen-bond acceptors (Lipinski definition) is 7. The highest BCUT2D eigenvalue weighted by Crippen LogP contribution is 2.30. The summed E-state index contributed by atoms with van der Waals surface area (Å²) in [6.07, 6.45) is 4.11. The average molecular weight is 411 g/mol. The van der Waals surface area contributed by atoms with E-state index in [0.29, 0.717) is 22.9 Å². The van der Waals surface area contributed by atoms with Crippen molar-refractivity contribution in [1.29, 1.82) is 0 Å². The third kappa shape index (κ3) is 4.00. The molecule has 0 unspecified atom stereocenters. The van der Waals surface area contributed by atoms with Crippen molar-refractivity contribution in [3.8, 4) is 0 Å². The van der Waals surface area contributed by atoms with Crippen molar-refractivity contribution in [2.24, 2.45) is 0 Å². The van der Waals surface area contributed by atoms with E-state index in [9.17, 15) is 19.7 Å². The van der Waals surface area contributed by atoms with Crippen molar-refractivity contribution in [2.75, 3.05) is 5.75 Å². The Morgan fingerprint density at radius 3 is 2.72 bits per heavy atom. The molecule has 0 saturated heterocycles. The summed E-state index contributed by atoms with van der Waals surface area (Å²) in [5.74, 6) is 0.633. The molecule has 0 aliphatic heterocycles. The van der Waals surface area contributed by atoms with Gasteiger partial charge in [0.2, 0.25) is 0 Å². The molecule has 0 spiro atoms. The Morgan fingerprint density at radius 1 is 1.24 bits per heavy atom. The third-order valence-corrected chi connectivity index (χ3v) is 5.85. The van der Waals surface area contributed by atoms with Crippen LogP contribution in [0, 0.1) is 10.1 Å². The van der Waals surface area contributed by atoms with Crippen LogP contribution in [0.25, 0.3) is 0 Å². The Hall–Kier alpha value is -3.20. The standard InChI is InChI=1S/C20H17N3O5S/c24-18(13-6-8-14(9-7-13)23(26)27)12-29-19-16-4-1-5-17(16)22(20(25)21-19)11-15-3-2-10-28-15/h2-3,6-10H,1,4-5,11-12H2. The van der Waals surface area contributed by atoms with Gasteiger partial charge in [-0.05, 0) is 43.5 Å². The second kappa shape index (κ2) is 8.04. The minimum Gasteiger partial charge on any atom is -0.467 e. The summed E-state index contributed by atoms with van der Waals surface area (Å²) in [4.78, 5) is 39.5. The van der Waals surface area contributed by atoms with Crippen LogP contribution in [0.5, 0.6) is 0 Å². The monoisotopic (exact) mass is 411 g/mol. The molecule has 3 aromatic rings. The van der Waals surface area contributed by atoms with Crippen molar-refractivity contribution in [1.82, 2.24) is 9.55 Å². The zero-order valence-corrected chi connectivity index (χ0v) is 16.2. The minimum absolute atomic E-state index is 0.0612. The van der Waals surface area contributed by atoms with Crippen molar-refractivity contribution >= 4 is 23.2 Å². The smallest absolute Gasteiger partial charge is 0.349 e. The number of non-ortho nitro benzene ring substituents is 1. The quantitative estimate of drug-likeness (QED) is 0.193. The number of nitro groups is 1. The van der Waals surface area contributed by atoms with Crippen LogP contribution in [0.3, 0.4) is 0 Å². The molecule has 29 heavy (non-hydrogen) atoms. The average Bonchev–Trinajstić information content (AvgIpc) is 3.40. The summed E-state index contributed by atoms with van der Waals surface area (Å²) in [7, 11) is 0. The van der Waals surface area contributed by atoms with Crippen LogP contribution in [0.15, 0.2) is 56.9 Å². The fourth-order valence-electron chi connectivity index (χ4n) is 3.41. The van der Waals surface area contributed by atoms with E-state index >= 15 is 0 Å². The van der Waals surface area contributed by atoms with Crippen LogP contribution >= 0.6 is 11.8 Å². The molecule has 2 aromatic heterocycles. The number of thioether (sulfide) groups is 1. The molecule has 4 rings (SSSR count). The third-order valence-electron chi connectivity index (χ3n) is 4.83. The first kappa shape index (κ1) is 19.1. The Morgan fingerprint density at radius 2 is 2.03 bits per heavy atom. The molecule has 0 atom stereocenters.